The number of hydrogen-bond acceptors (Lipinski definition) is 1. The lowest BCUT2D eigenvalue weighted by atomic mass is 10.1. The smallest absolute Gasteiger partial charge is 0.270 e. The van der Waals surface area contributed by atoms with E-state index in [1.807, 2.05) is 89.5 Å². The minimum atomic E-state index is -0.105. The number of rotatable bonds is 6. The molecule has 0 radical (unpaired) electrons. The first-order valence-corrected chi connectivity index (χ1v) is 9.49. The van der Waals surface area contributed by atoms with Crippen molar-refractivity contribution >= 4 is 22.6 Å². The molecule has 5 N–H and O–H groups in total. The van der Waals surface area contributed by atoms with E-state index in [0.717, 1.165) is 27.6 Å². The highest BCUT2D eigenvalue weighted by molar-refractivity contribution is 5.99. The molecule has 4 aromatic rings. The molecule has 3 aromatic carbocycles. The van der Waals surface area contributed by atoms with Gasteiger partial charge >= 0.3 is 0 Å². The molecule has 144 valence electrons. The van der Waals surface area contributed by atoms with E-state index in [-0.39, 0.29) is 11.7 Å². The summed E-state index contributed by atoms with van der Waals surface area (Å²) in [5, 5.41) is 9.80. The first kappa shape index (κ1) is 18.5. The largest absolute Gasteiger partial charge is 0.347 e. The number of carbonyl (C=O) groups excluding carboxylic acids is 1. The third kappa shape index (κ3) is 4.04. The van der Waals surface area contributed by atoms with Crippen LogP contribution < -0.4 is 16.5 Å². The van der Waals surface area contributed by atoms with E-state index >= 15 is 0 Å². The minimum Gasteiger partial charge on any atom is -0.347 e. The highest BCUT2D eigenvalue weighted by Crippen LogP contribution is 2.22. The molecule has 5 nitrogen and oxygen atoms in total. The number of amides is 1. The van der Waals surface area contributed by atoms with Gasteiger partial charge in [0.15, 0.2) is 0 Å². The Bertz CT molecular complexity index is 1180. The van der Waals surface area contributed by atoms with Crippen LogP contribution in [0, 0.1) is 0 Å². The fraction of sp³-hybridized carbons (Fsp3) is 0.0833. The Morgan fingerprint density at radius 1 is 0.897 bits per heavy atom. The van der Waals surface area contributed by atoms with Crippen molar-refractivity contribution in [2.75, 3.05) is 0 Å². The summed E-state index contributed by atoms with van der Waals surface area (Å²) in [6.45, 7) is 1.03. The standard InChI is InChI=1S/C24H22N4O/c25-23(26)20-11-6-9-18(13-20)16-28-21-12-5-4-10-19(21)14-22(28)24(29)27-15-17-7-2-1-3-8-17/h1-14H,15-16H2,(H3,25,26)(H,27,29)/p+1. The Hall–Kier alpha value is -3.86. The molecule has 0 spiro atoms. The maximum atomic E-state index is 13.0. The van der Waals surface area contributed by atoms with Gasteiger partial charge in [0.25, 0.3) is 11.7 Å². The molecule has 0 atom stereocenters. The van der Waals surface area contributed by atoms with Crippen molar-refractivity contribution in [2.24, 2.45) is 5.73 Å². The zero-order valence-electron chi connectivity index (χ0n) is 16.0. The molecular formula is C24H23N4O+. The van der Waals surface area contributed by atoms with Gasteiger partial charge in [-0.1, -0.05) is 60.7 Å². The van der Waals surface area contributed by atoms with Gasteiger partial charge in [-0.25, -0.2) is 0 Å². The fourth-order valence-electron chi connectivity index (χ4n) is 3.47. The van der Waals surface area contributed by atoms with Crippen LogP contribution >= 0.6 is 0 Å². The summed E-state index contributed by atoms with van der Waals surface area (Å²) in [6.07, 6.45) is 0. The highest BCUT2D eigenvalue weighted by atomic mass is 16.1. The number of benzene rings is 3. The van der Waals surface area contributed by atoms with Crippen molar-refractivity contribution < 1.29 is 10.2 Å². The molecule has 0 bridgehead atoms. The van der Waals surface area contributed by atoms with Crippen LogP contribution in [0.5, 0.6) is 0 Å². The monoisotopic (exact) mass is 383 g/mol. The lowest BCUT2D eigenvalue weighted by molar-refractivity contribution is -0.114. The van der Waals surface area contributed by atoms with Crippen molar-refractivity contribution in [2.45, 2.75) is 13.1 Å². The van der Waals surface area contributed by atoms with Crippen LogP contribution in [-0.4, -0.2) is 16.3 Å². The molecule has 5 heteroatoms. The number of hydrogen-bond donors (Lipinski definition) is 3. The molecule has 0 aliphatic carbocycles. The Labute approximate surface area is 169 Å². The summed E-state index contributed by atoms with van der Waals surface area (Å²) in [4.78, 5) is 13.0. The van der Waals surface area contributed by atoms with Crippen LogP contribution in [0.25, 0.3) is 10.9 Å². The van der Waals surface area contributed by atoms with Crippen molar-refractivity contribution in [3.63, 3.8) is 0 Å². The van der Waals surface area contributed by atoms with Crippen LogP contribution in [0.3, 0.4) is 0 Å². The second-order valence-electron chi connectivity index (χ2n) is 7.00. The molecular weight excluding hydrogens is 360 g/mol. The van der Waals surface area contributed by atoms with Gasteiger partial charge in [0.1, 0.15) is 5.69 Å². The predicted octanol–water partition coefficient (Wildman–Crippen LogP) is 2.08. The molecule has 0 unspecified atom stereocenters. The van der Waals surface area contributed by atoms with Gasteiger partial charge in [-0.3, -0.25) is 15.9 Å². The van der Waals surface area contributed by atoms with Crippen molar-refractivity contribution in [3.05, 3.63) is 107 Å². The van der Waals surface area contributed by atoms with Crippen LogP contribution in [0.1, 0.15) is 27.2 Å². The average molecular weight is 383 g/mol. The molecule has 29 heavy (non-hydrogen) atoms. The van der Waals surface area contributed by atoms with E-state index in [9.17, 15) is 4.79 Å². The van der Waals surface area contributed by atoms with E-state index in [2.05, 4.69) is 5.32 Å². The average Bonchev–Trinajstić information content (AvgIpc) is 3.11. The fourth-order valence-corrected chi connectivity index (χ4v) is 3.47. The number of nitrogens with one attached hydrogen (secondary N) is 1. The van der Waals surface area contributed by atoms with Crippen LogP contribution in [0.2, 0.25) is 0 Å². The van der Waals surface area contributed by atoms with E-state index in [1.54, 1.807) is 0 Å². The summed E-state index contributed by atoms with van der Waals surface area (Å²) in [5.41, 5.74) is 10.2. The molecule has 1 amide bonds. The van der Waals surface area contributed by atoms with Gasteiger partial charge in [-0.2, -0.15) is 0 Å². The Kier molecular flexibility index (Phi) is 5.12. The van der Waals surface area contributed by atoms with E-state index in [1.165, 1.54) is 0 Å². The Morgan fingerprint density at radius 2 is 1.62 bits per heavy atom. The lowest BCUT2D eigenvalue weighted by Crippen LogP contribution is -2.46. The van der Waals surface area contributed by atoms with Crippen LogP contribution in [0.4, 0.5) is 0 Å². The maximum Gasteiger partial charge on any atom is 0.270 e. The predicted molar refractivity (Wildman–Crippen MR) is 115 cm³/mol. The van der Waals surface area contributed by atoms with E-state index in [0.29, 0.717) is 18.8 Å². The summed E-state index contributed by atoms with van der Waals surface area (Å²) in [5.74, 6) is 0.177. The van der Waals surface area contributed by atoms with Gasteiger partial charge in [-0.05, 0) is 35.4 Å². The van der Waals surface area contributed by atoms with Gasteiger partial charge in [0.2, 0.25) is 0 Å². The number of para-hydroxylation sites is 1. The molecule has 1 heterocycles. The SMILES string of the molecule is NC(=[NH2+])c1cccc(Cn2c(C(=O)NCc3ccccc3)cc3ccccc32)c1. The molecule has 0 fully saturated rings. The number of nitrogens with zero attached hydrogens (tertiary/aromatic N) is 1. The maximum absolute atomic E-state index is 13.0. The normalized spacial score (nSPS) is 10.8. The number of aromatic nitrogens is 1. The third-order valence-electron chi connectivity index (χ3n) is 4.94. The molecule has 0 aliphatic rings. The molecule has 0 saturated carbocycles. The van der Waals surface area contributed by atoms with Gasteiger partial charge in [0, 0.05) is 24.0 Å². The summed E-state index contributed by atoms with van der Waals surface area (Å²) in [7, 11) is 0. The van der Waals surface area contributed by atoms with Crippen molar-refractivity contribution in [3.8, 4) is 0 Å². The molecule has 1 aromatic heterocycles. The first-order chi connectivity index (χ1) is 14.1. The number of amidine groups is 1. The second kappa shape index (κ2) is 8.02. The quantitative estimate of drug-likeness (QED) is 0.352. The number of nitrogens with two attached hydrogens (primary N) is 2. The van der Waals surface area contributed by atoms with Gasteiger partial charge < -0.3 is 9.88 Å². The number of carbonyl (C=O) groups is 1. The van der Waals surface area contributed by atoms with Gasteiger partial charge in [-0.15, -0.1) is 0 Å². The Morgan fingerprint density at radius 3 is 2.41 bits per heavy atom. The first-order valence-electron chi connectivity index (χ1n) is 9.49. The summed E-state index contributed by atoms with van der Waals surface area (Å²) in [6, 6.07) is 27.6. The summed E-state index contributed by atoms with van der Waals surface area (Å²) >= 11 is 0. The number of fused-ring (bicyclic) bond motifs is 1. The van der Waals surface area contributed by atoms with Crippen LogP contribution in [0.15, 0.2) is 84.9 Å². The zero-order valence-corrected chi connectivity index (χ0v) is 16.0. The molecule has 4 rings (SSSR count). The van der Waals surface area contributed by atoms with E-state index in [4.69, 9.17) is 11.1 Å². The second-order valence-corrected chi connectivity index (χ2v) is 7.00. The minimum absolute atomic E-state index is 0.105. The zero-order chi connectivity index (χ0) is 20.2. The molecule has 0 aliphatic heterocycles. The van der Waals surface area contributed by atoms with Gasteiger partial charge in [0.05, 0.1) is 5.56 Å². The van der Waals surface area contributed by atoms with Crippen molar-refractivity contribution in [1.82, 2.24) is 9.88 Å². The highest BCUT2D eigenvalue weighted by Gasteiger charge is 2.16. The van der Waals surface area contributed by atoms with Crippen molar-refractivity contribution in [1.29, 1.82) is 0 Å². The van der Waals surface area contributed by atoms with Crippen LogP contribution in [-0.2, 0) is 13.1 Å². The molecule has 0 saturated heterocycles. The summed E-state index contributed by atoms with van der Waals surface area (Å²) < 4.78 is 2.03. The third-order valence-corrected chi connectivity index (χ3v) is 4.94. The topological polar surface area (TPSA) is 85.6 Å². The Balaban J connectivity index is 1.66. The lowest BCUT2D eigenvalue weighted by Gasteiger charge is -2.12. The van der Waals surface area contributed by atoms with E-state index < -0.39 is 0 Å².